The van der Waals surface area contributed by atoms with Crippen LogP contribution in [0.4, 0.5) is 18.9 Å². The molecule has 1 aromatic carbocycles. The van der Waals surface area contributed by atoms with Gasteiger partial charge in [-0.15, -0.1) is 0 Å². The van der Waals surface area contributed by atoms with Crippen molar-refractivity contribution in [1.82, 2.24) is 4.90 Å². The van der Waals surface area contributed by atoms with Gasteiger partial charge in [-0.2, -0.15) is 18.4 Å². The lowest BCUT2D eigenvalue weighted by atomic mass is 9.78. The molecule has 9 heteroatoms. The minimum Gasteiger partial charge on any atom is -0.495 e. The molecule has 1 aromatic rings. The maximum Gasteiger partial charge on any atom is 0.416 e. The molecule has 6 nitrogen and oxygen atoms in total. The number of methoxy groups -OCH3 is 1. The van der Waals surface area contributed by atoms with Crippen molar-refractivity contribution in [3.63, 3.8) is 0 Å². The number of hydrogen-bond donors (Lipinski definition) is 1. The molecule has 1 heterocycles. The summed E-state index contributed by atoms with van der Waals surface area (Å²) in [6.45, 7) is 3.99. The third-order valence-electron chi connectivity index (χ3n) is 7.87. The molecular formula is C28H39F3N4O2. The summed E-state index contributed by atoms with van der Waals surface area (Å²) in [5.41, 5.74) is 0.0644. The van der Waals surface area contributed by atoms with Gasteiger partial charge in [0.15, 0.2) is 5.78 Å². The number of ether oxygens (including phenoxy) is 1. The minimum absolute atomic E-state index is 0.115. The molecule has 1 aliphatic carbocycles. The van der Waals surface area contributed by atoms with Gasteiger partial charge in [0.25, 0.3) is 0 Å². The van der Waals surface area contributed by atoms with Crippen LogP contribution in [0.2, 0.25) is 0 Å². The van der Waals surface area contributed by atoms with E-state index in [1.807, 2.05) is 11.0 Å². The Labute approximate surface area is 218 Å². The molecule has 0 unspecified atom stereocenters. The Morgan fingerprint density at radius 2 is 1.73 bits per heavy atom. The van der Waals surface area contributed by atoms with Crippen LogP contribution in [0.5, 0.6) is 5.75 Å². The largest absolute Gasteiger partial charge is 0.495 e. The number of nitrogens with zero attached hydrogens (tertiary/aromatic N) is 3. The van der Waals surface area contributed by atoms with E-state index in [1.54, 1.807) is 0 Å². The van der Waals surface area contributed by atoms with Crippen LogP contribution < -0.4 is 9.64 Å². The normalized spacial score (nSPS) is 20.9. The van der Waals surface area contributed by atoms with Gasteiger partial charge in [0.05, 0.1) is 30.1 Å². The van der Waals surface area contributed by atoms with Crippen LogP contribution in [0.1, 0.15) is 69.8 Å². The smallest absolute Gasteiger partial charge is 0.416 e. The monoisotopic (exact) mass is 520 g/mol. The van der Waals surface area contributed by atoms with E-state index in [9.17, 15) is 18.0 Å². The Balaban J connectivity index is 1.35. The lowest BCUT2D eigenvalue weighted by molar-refractivity contribution is -0.137. The lowest BCUT2D eigenvalue weighted by Gasteiger charge is -2.38. The number of piperazine rings is 1. The molecule has 0 aromatic heterocycles. The van der Waals surface area contributed by atoms with Crippen LogP contribution in [-0.4, -0.2) is 56.2 Å². The van der Waals surface area contributed by atoms with Gasteiger partial charge in [0.1, 0.15) is 5.75 Å². The van der Waals surface area contributed by atoms with Crippen molar-refractivity contribution in [2.24, 2.45) is 11.8 Å². The molecule has 2 aliphatic rings. The Morgan fingerprint density at radius 1 is 1.08 bits per heavy atom. The Kier molecular flexibility index (Phi) is 10.8. The fourth-order valence-corrected chi connectivity index (χ4v) is 5.47. The van der Waals surface area contributed by atoms with Gasteiger partial charge in [-0.25, -0.2) is 0 Å². The van der Waals surface area contributed by atoms with Gasteiger partial charge < -0.3 is 15.0 Å². The van der Waals surface area contributed by atoms with Crippen molar-refractivity contribution in [3.8, 4) is 11.8 Å². The van der Waals surface area contributed by atoms with Gasteiger partial charge >= 0.3 is 6.18 Å². The number of unbranched alkanes of at least 4 members (excludes halogenated alkanes) is 1. The number of carbonyl (C=O) groups is 1. The molecule has 0 spiro atoms. The molecule has 1 saturated heterocycles. The molecule has 1 saturated carbocycles. The molecule has 2 fully saturated rings. The van der Waals surface area contributed by atoms with Crippen LogP contribution in [-0.2, 0) is 11.0 Å². The van der Waals surface area contributed by atoms with Crippen LogP contribution >= 0.6 is 0 Å². The first kappa shape index (κ1) is 29.0. The molecule has 204 valence electrons. The predicted molar refractivity (Wildman–Crippen MR) is 138 cm³/mol. The van der Waals surface area contributed by atoms with E-state index >= 15 is 0 Å². The molecule has 3 rings (SSSR count). The number of hydrogen-bond acceptors (Lipinski definition) is 6. The number of anilines is 1. The number of ketones is 1. The number of nitrogens with one attached hydrogen (secondary N) is 1. The highest BCUT2D eigenvalue weighted by atomic mass is 19.4. The van der Waals surface area contributed by atoms with E-state index in [0.29, 0.717) is 62.0 Å². The van der Waals surface area contributed by atoms with Crippen LogP contribution in [0, 0.1) is 28.6 Å². The standard InChI is InChI=1S/C28H39F3N4O2/c1-37-27-12-10-23(28(29,30)31)20-25(27)35-18-16-34(17-19-35)15-13-22-7-5-21(6-8-22)9-11-24(33)26(36)4-2-3-14-32/h10,12,20-22,33H,2-9,11,13,15-19H2,1H3. The number of nitriles is 1. The van der Waals surface area contributed by atoms with Crippen molar-refractivity contribution in [3.05, 3.63) is 23.8 Å². The summed E-state index contributed by atoms with van der Waals surface area (Å²) in [7, 11) is 1.49. The Morgan fingerprint density at radius 3 is 2.32 bits per heavy atom. The first-order valence-electron chi connectivity index (χ1n) is 13.4. The van der Waals surface area contributed by atoms with E-state index in [-0.39, 0.29) is 11.5 Å². The summed E-state index contributed by atoms with van der Waals surface area (Å²) in [6, 6.07) is 5.69. The zero-order chi connectivity index (χ0) is 26.8. The van der Waals surface area contributed by atoms with Gasteiger partial charge in [-0.05, 0) is 62.3 Å². The third kappa shape index (κ3) is 8.74. The molecule has 0 amide bonds. The third-order valence-corrected chi connectivity index (χ3v) is 7.87. The highest BCUT2D eigenvalue weighted by molar-refractivity contribution is 6.38. The Hall–Kier alpha value is -2.60. The van der Waals surface area contributed by atoms with Crippen LogP contribution in [0.15, 0.2) is 18.2 Å². The first-order chi connectivity index (χ1) is 17.7. The summed E-state index contributed by atoms with van der Waals surface area (Å²) in [6.07, 6.45) is 4.05. The lowest BCUT2D eigenvalue weighted by Crippen LogP contribution is -2.47. The van der Waals surface area contributed by atoms with Gasteiger partial charge in [0, 0.05) is 39.0 Å². The van der Waals surface area contributed by atoms with E-state index in [4.69, 9.17) is 15.4 Å². The fraction of sp³-hybridized carbons (Fsp3) is 0.679. The van der Waals surface area contributed by atoms with Crippen molar-refractivity contribution in [2.45, 2.75) is 70.4 Å². The van der Waals surface area contributed by atoms with E-state index < -0.39 is 11.7 Å². The molecule has 1 N–H and O–H groups in total. The highest BCUT2D eigenvalue weighted by Crippen LogP contribution is 2.37. The number of alkyl halides is 3. The number of halogens is 3. The van der Waals surface area contributed by atoms with Crippen molar-refractivity contribution in [1.29, 1.82) is 10.7 Å². The minimum atomic E-state index is -4.38. The average Bonchev–Trinajstić information content (AvgIpc) is 2.90. The summed E-state index contributed by atoms with van der Waals surface area (Å²) < 4.78 is 44.9. The van der Waals surface area contributed by atoms with E-state index in [1.165, 1.54) is 32.1 Å². The predicted octanol–water partition coefficient (Wildman–Crippen LogP) is 6.10. The summed E-state index contributed by atoms with van der Waals surface area (Å²) in [5.74, 6) is 1.62. The van der Waals surface area contributed by atoms with Gasteiger partial charge in [0.2, 0.25) is 0 Å². The summed E-state index contributed by atoms with van der Waals surface area (Å²) in [4.78, 5) is 16.4. The first-order valence-corrected chi connectivity index (χ1v) is 13.4. The molecule has 37 heavy (non-hydrogen) atoms. The topological polar surface area (TPSA) is 80.4 Å². The average molecular weight is 521 g/mol. The second-order valence-corrected chi connectivity index (χ2v) is 10.3. The van der Waals surface area contributed by atoms with Crippen LogP contribution in [0.3, 0.4) is 0 Å². The summed E-state index contributed by atoms with van der Waals surface area (Å²) >= 11 is 0. The van der Waals surface area contributed by atoms with Crippen LogP contribution in [0.25, 0.3) is 0 Å². The maximum atomic E-state index is 13.2. The molecule has 0 bridgehead atoms. The molecular weight excluding hydrogens is 481 g/mol. The zero-order valence-electron chi connectivity index (χ0n) is 21.8. The quantitative estimate of drug-likeness (QED) is 0.266. The van der Waals surface area contributed by atoms with Gasteiger partial charge in [-0.3, -0.25) is 9.69 Å². The number of benzene rings is 1. The number of carbonyl (C=O) groups excluding carboxylic acids is 1. The molecule has 1 aliphatic heterocycles. The second-order valence-electron chi connectivity index (χ2n) is 10.3. The van der Waals surface area contributed by atoms with Crippen molar-refractivity contribution in [2.75, 3.05) is 44.7 Å². The zero-order valence-corrected chi connectivity index (χ0v) is 21.8. The number of rotatable bonds is 12. The second kappa shape index (κ2) is 13.8. The van der Waals surface area contributed by atoms with Gasteiger partial charge in [-0.1, -0.05) is 25.7 Å². The highest BCUT2D eigenvalue weighted by Gasteiger charge is 2.32. The fourth-order valence-electron chi connectivity index (χ4n) is 5.47. The molecule has 0 atom stereocenters. The van der Waals surface area contributed by atoms with Crippen molar-refractivity contribution < 1.29 is 22.7 Å². The maximum absolute atomic E-state index is 13.2. The van der Waals surface area contributed by atoms with E-state index in [0.717, 1.165) is 51.4 Å². The van der Waals surface area contributed by atoms with E-state index in [2.05, 4.69) is 4.90 Å². The Bertz CT molecular complexity index is 944. The molecule has 0 radical (unpaired) electrons. The SMILES string of the molecule is COc1ccc(C(F)(F)F)cc1N1CCN(CCC2CCC(CCC(=N)C(=O)CCCC#N)CC2)CC1. The number of Topliss-reactive ketones (excluding diaryl/α,β-unsaturated/α-hetero) is 1. The van der Waals surface area contributed by atoms with Crippen molar-refractivity contribution >= 4 is 17.2 Å². The summed E-state index contributed by atoms with van der Waals surface area (Å²) in [5, 5.41) is 16.6.